The van der Waals surface area contributed by atoms with Gasteiger partial charge in [-0.1, -0.05) is 72.2 Å². The fourth-order valence-electron chi connectivity index (χ4n) is 2.69. The van der Waals surface area contributed by atoms with Crippen LogP contribution in [0.5, 0.6) is 0 Å². The van der Waals surface area contributed by atoms with E-state index in [0.717, 1.165) is 15.6 Å². The summed E-state index contributed by atoms with van der Waals surface area (Å²) >= 11 is 3.43. The van der Waals surface area contributed by atoms with Gasteiger partial charge >= 0.3 is 0 Å². The predicted octanol–water partition coefficient (Wildman–Crippen LogP) is 4.18. The summed E-state index contributed by atoms with van der Waals surface area (Å²) < 4.78 is 0.983. The number of amides is 2. The molecule has 0 radical (unpaired) electrons. The van der Waals surface area contributed by atoms with E-state index in [9.17, 15) is 9.59 Å². The SMILES string of the molecule is CC(C)CNC(=O)[C@@H](C)N(Cc1ccc(Br)cc1)C(=O)Cc1ccccc1. The number of carbonyl (C=O) groups excluding carboxylic acids is 2. The molecule has 0 bridgehead atoms. The summed E-state index contributed by atoms with van der Waals surface area (Å²) in [4.78, 5) is 27.2. The number of halogens is 1. The van der Waals surface area contributed by atoms with Crippen molar-refractivity contribution < 1.29 is 9.59 Å². The molecule has 1 N–H and O–H groups in total. The first kappa shape index (κ1) is 21.2. The van der Waals surface area contributed by atoms with E-state index in [0.29, 0.717) is 19.0 Å². The number of carbonyl (C=O) groups is 2. The lowest BCUT2D eigenvalue weighted by molar-refractivity contribution is -0.140. The number of hydrogen-bond acceptors (Lipinski definition) is 2. The second-order valence-corrected chi connectivity index (χ2v) is 8.04. The molecule has 2 amide bonds. The van der Waals surface area contributed by atoms with Crippen LogP contribution < -0.4 is 5.32 Å². The van der Waals surface area contributed by atoms with E-state index in [4.69, 9.17) is 0 Å². The molecule has 0 aliphatic rings. The number of nitrogens with one attached hydrogen (secondary N) is 1. The topological polar surface area (TPSA) is 49.4 Å². The summed E-state index contributed by atoms with van der Waals surface area (Å²) in [5.41, 5.74) is 1.93. The van der Waals surface area contributed by atoms with Gasteiger partial charge in [-0.05, 0) is 36.1 Å². The number of benzene rings is 2. The summed E-state index contributed by atoms with van der Waals surface area (Å²) in [7, 11) is 0. The third kappa shape index (κ3) is 6.83. The molecule has 4 nitrogen and oxygen atoms in total. The number of nitrogens with zero attached hydrogens (tertiary/aromatic N) is 1. The fourth-order valence-corrected chi connectivity index (χ4v) is 2.96. The Morgan fingerprint density at radius 1 is 0.963 bits per heavy atom. The largest absolute Gasteiger partial charge is 0.354 e. The molecule has 0 spiro atoms. The monoisotopic (exact) mass is 430 g/mol. The highest BCUT2D eigenvalue weighted by Gasteiger charge is 2.26. The van der Waals surface area contributed by atoms with Crippen molar-refractivity contribution in [1.82, 2.24) is 10.2 Å². The van der Waals surface area contributed by atoms with Gasteiger partial charge in [0.2, 0.25) is 11.8 Å². The standard InChI is InChI=1S/C22H27BrN2O2/c1-16(2)14-24-22(27)17(3)25(15-19-9-11-20(23)12-10-19)21(26)13-18-7-5-4-6-8-18/h4-12,16-17H,13-15H2,1-3H3,(H,24,27)/t17-/m1/s1. The Morgan fingerprint density at radius 2 is 1.59 bits per heavy atom. The smallest absolute Gasteiger partial charge is 0.242 e. The minimum atomic E-state index is -0.538. The lowest BCUT2D eigenvalue weighted by Crippen LogP contribution is -2.48. The van der Waals surface area contributed by atoms with Crippen LogP contribution in [0.25, 0.3) is 0 Å². The van der Waals surface area contributed by atoms with Gasteiger partial charge in [0.15, 0.2) is 0 Å². The highest BCUT2D eigenvalue weighted by molar-refractivity contribution is 9.10. The average Bonchev–Trinajstić information content (AvgIpc) is 2.65. The molecule has 27 heavy (non-hydrogen) atoms. The molecule has 0 aliphatic carbocycles. The van der Waals surface area contributed by atoms with Crippen molar-refractivity contribution in [3.05, 3.63) is 70.2 Å². The molecule has 0 aromatic heterocycles. The second kappa shape index (κ2) is 10.3. The van der Waals surface area contributed by atoms with Gasteiger partial charge in [-0.3, -0.25) is 9.59 Å². The lowest BCUT2D eigenvalue weighted by Gasteiger charge is -2.29. The minimum absolute atomic E-state index is 0.0590. The summed E-state index contributed by atoms with van der Waals surface area (Å²) in [5.74, 6) is 0.180. The normalized spacial score (nSPS) is 11.9. The van der Waals surface area contributed by atoms with Gasteiger partial charge < -0.3 is 10.2 Å². The summed E-state index contributed by atoms with van der Waals surface area (Å²) in [6, 6.07) is 16.9. The van der Waals surface area contributed by atoms with E-state index >= 15 is 0 Å². The third-order valence-corrected chi connectivity index (χ3v) is 4.84. The van der Waals surface area contributed by atoms with Gasteiger partial charge in [0.1, 0.15) is 6.04 Å². The molecular weight excluding hydrogens is 404 g/mol. The van der Waals surface area contributed by atoms with Gasteiger partial charge in [0.05, 0.1) is 6.42 Å². The van der Waals surface area contributed by atoms with E-state index in [2.05, 4.69) is 21.2 Å². The molecule has 144 valence electrons. The Labute approximate surface area is 170 Å². The lowest BCUT2D eigenvalue weighted by atomic mass is 10.1. The molecule has 1 atom stereocenters. The zero-order valence-electron chi connectivity index (χ0n) is 16.1. The Balaban J connectivity index is 2.17. The predicted molar refractivity (Wildman–Crippen MR) is 112 cm³/mol. The van der Waals surface area contributed by atoms with E-state index in [-0.39, 0.29) is 18.2 Å². The Morgan fingerprint density at radius 3 is 2.19 bits per heavy atom. The Hall–Kier alpha value is -2.14. The van der Waals surface area contributed by atoms with Crippen LogP contribution in [0.4, 0.5) is 0 Å². The van der Waals surface area contributed by atoms with Crippen molar-refractivity contribution in [1.29, 1.82) is 0 Å². The summed E-state index contributed by atoms with van der Waals surface area (Å²) in [6.45, 7) is 6.88. The molecule has 0 saturated carbocycles. The molecule has 0 unspecified atom stereocenters. The average molecular weight is 431 g/mol. The van der Waals surface area contributed by atoms with Crippen molar-refractivity contribution in [3.8, 4) is 0 Å². The van der Waals surface area contributed by atoms with Crippen molar-refractivity contribution >= 4 is 27.7 Å². The molecular formula is C22H27BrN2O2. The Bertz CT molecular complexity index is 745. The maximum atomic E-state index is 13.0. The van der Waals surface area contributed by atoms with Gasteiger partial charge in [-0.2, -0.15) is 0 Å². The quantitative estimate of drug-likeness (QED) is 0.682. The van der Waals surface area contributed by atoms with E-state index in [1.54, 1.807) is 11.8 Å². The summed E-state index contributed by atoms with van der Waals surface area (Å²) in [6.07, 6.45) is 0.277. The zero-order chi connectivity index (χ0) is 19.8. The van der Waals surface area contributed by atoms with Gasteiger partial charge in [-0.15, -0.1) is 0 Å². The van der Waals surface area contributed by atoms with Crippen molar-refractivity contribution in [3.63, 3.8) is 0 Å². The van der Waals surface area contributed by atoms with Crippen LogP contribution >= 0.6 is 15.9 Å². The highest BCUT2D eigenvalue weighted by Crippen LogP contribution is 2.15. The van der Waals surface area contributed by atoms with Crippen LogP contribution in [0.2, 0.25) is 0 Å². The molecule has 2 rings (SSSR count). The van der Waals surface area contributed by atoms with Crippen LogP contribution in [0, 0.1) is 5.92 Å². The maximum Gasteiger partial charge on any atom is 0.242 e. The third-order valence-electron chi connectivity index (χ3n) is 4.32. The molecule has 0 aliphatic heterocycles. The van der Waals surface area contributed by atoms with Crippen LogP contribution in [0.3, 0.4) is 0 Å². The molecule has 2 aromatic rings. The van der Waals surface area contributed by atoms with Crippen LogP contribution in [-0.4, -0.2) is 29.3 Å². The zero-order valence-corrected chi connectivity index (χ0v) is 17.7. The molecule has 0 heterocycles. The Kier molecular flexibility index (Phi) is 8.04. The first-order valence-electron chi connectivity index (χ1n) is 9.22. The van der Waals surface area contributed by atoms with E-state index < -0.39 is 6.04 Å². The van der Waals surface area contributed by atoms with Crippen molar-refractivity contribution in [2.24, 2.45) is 5.92 Å². The number of hydrogen-bond donors (Lipinski definition) is 1. The molecule has 5 heteroatoms. The van der Waals surface area contributed by atoms with Gasteiger partial charge in [0, 0.05) is 17.6 Å². The van der Waals surface area contributed by atoms with Gasteiger partial charge in [0.25, 0.3) is 0 Å². The first-order chi connectivity index (χ1) is 12.9. The summed E-state index contributed by atoms with van der Waals surface area (Å²) in [5, 5.41) is 2.94. The van der Waals surface area contributed by atoms with E-state index in [1.807, 2.05) is 68.4 Å². The molecule has 0 fully saturated rings. The molecule has 0 saturated heterocycles. The first-order valence-corrected chi connectivity index (χ1v) is 10.0. The number of rotatable bonds is 8. The highest BCUT2D eigenvalue weighted by atomic mass is 79.9. The second-order valence-electron chi connectivity index (χ2n) is 7.13. The van der Waals surface area contributed by atoms with Crippen LogP contribution in [-0.2, 0) is 22.6 Å². The maximum absolute atomic E-state index is 13.0. The minimum Gasteiger partial charge on any atom is -0.354 e. The van der Waals surface area contributed by atoms with E-state index in [1.165, 1.54) is 0 Å². The van der Waals surface area contributed by atoms with Crippen LogP contribution in [0.1, 0.15) is 31.9 Å². The fraction of sp³-hybridized carbons (Fsp3) is 0.364. The van der Waals surface area contributed by atoms with Gasteiger partial charge in [-0.25, -0.2) is 0 Å². The van der Waals surface area contributed by atoms with Crippen LogP contribution in [0.15, 0.2) is 59.1 Å². The molecule has 2 aromatic carbocycles. The van der Waals surface area contributed by atoms with Crippen molar-refractivity contribution in [2.45, 2.75) is 39.8 Å². The van der Waals surface area contributed by atoms with Crippen molar-refractivity contribution in [2.75, 3.05) is 6.54 Å².